The van der Waals surface area contributed by atoms with Crippen molar-refractivity contribution in [3.8, 4) is 0 Å². The Kier molecular flexibility index (Phi) is 4.74. The maximum absolute atomic E-state index is 13.3. The van der Waals surface area contributed by atoms with E-state index in [0.29, 0.717) is 25.3 Å². The van der Waals surface area contributed by atoms with Crippen LogP contribution in [0.4, 0.5) is 4.39 Å². The molecule has 120 valence electrons. The largest absolute Gasteiger partial charge is 0.393 e. The lowest BCUT2D eigenvalue weighted by Crippen LogP contribution is -2.54. The third-order valence-corrected chi connectivity index (χ3v) is 4.76. The summed E-state index contributed by atoms with van der Waals surface area (Å²) in [6, 6.07) is 6.10. The Bertz CT molecular complexity index is 536. The predicted octanol–water partition coefficient (Wildman–Crippen LogP) is 1.76. The fourth-order valence-electron chi connectivity index (χ4n) is 3.63. The molecule has 5 heteroatoms. The average Bonchev–Trinajstić information content (AvgIpc) is 2.93. The third kappa shape index (κ3) is 3.31. The first-order valence-electron chi connectivity index (χ1n) is 7.95. The van der Waals surface area contributed by atoms with Crippen LogP contribution in [0.1, 0.15) is 24.8 Å². The van der Waals surface area contributed by atoms with E-state index in [1.54, 1.807) is 12.1 Å². The Balaban J connectivity index is 1.71. The Labute approximate surface area is 129 Å². The lowest BCUT2D eigenvalue weighted by Gasteiger charge is -2.40. The van der Waals surface area contributed by atoms with Gasteiger partial charge < -0.3 is 14.7 Å². The number of amides is 1. The van der Waals surface area contributed by atoms with E-state index in [1.807, 2.05) is 4.90 Å². The summed E-state index contributed by atoms with van der Waals surface area (Å²) in [5.74, 6) is -0.246. The normalized spacial score (nSPS) is 28.8. The fraction of sp³-hybridized carbons (Fsp3) is 0.588. The van der Waals surface area contributed by atoms with Gasteiger partial charge in [-0.3, -0.25) is 4.79 Å². The Hall–Kier alpha value is -1.46. The number of ether oxygens (including phenoxy) is 1. The maximum Gasteiger partial charge on any atom is 0.227 e. The van der Waals surface area contributed by atoms with Crippen molar-refractivity contribution < 1.29 is 19.0 Å². The molecule has 1 heterocycles. The molecule has 2 fully saturated rings. The molecule has 0 radical (unpaired) electrons. The van der Waals surface area contributed by atoms with Crippen LogP contribution in [0, 0.1) is 11.7 Å². The molecular formula is C17H22FNO3. The summed E-state index contributed by atoms with van der Waals surface area (Å²) in [6.45, 7) is 1.55. The van der Waals surface area contributed by atoms with E-state index < -0.39 is 0 Å². The summed E-state index contributed by atoms with van der Waals surface area (Å²) in [5.41, 5.74) is 0.683. The van der Waals surface area contributed by atoms with Crippen LogP contribution in [0.2, 0.25) is 0 Å². The van der Waals surface area contributed by atoms with Crippen LogP contribution in [-0.4, -0.2) is 47.8 Å². The lowest BCUT2D eigenvalue weighted by atomic mass is 9.93. The highest BCUT2D eigenvalue weighted by atomic mass is 19.1. The van der Waals surface area contributed by atoms with Gasteiger partial charge in [0.1, 0.15) is 5.82 Å². The summed E-state index contributed by atoms with van der Waals surface area (Å²) in [6.07, 6.45) is 2.56. The predicted molar refractivity (Wildman–Crippen MR) is 79.8 cm³/mol. The molecule has 3 rings (SSSR count). The van der Waals surface area contributed by atoms with E-state index in [-0.39, 0.29) is 36.2 Å². The number of morpholine rings is 1. The van der Waals surface area contributed by atoms with Gasteiger partial charge in [0.05, 0.1) is 31.8 Å². The van der Waals surface area contributed by atoms with Gasteiger partial charge in [-0.05, 0) is 30.5 Å². The fourth-order valence-corrected chi connectivity index (χ4v) is 3.63. The summed E-state index contributed by atoms with van der Waals surface area (Å²) < 4.78 is 18.8. The Morgan fingerprint density at radius 2 is 2.27 bits per heavy atom. The van der Waals surface area contributed by atoms with Gasteiger partial charge in [-0.1, -0.05) is 18.6 Å². The zero-order valence-electron chi connectivity index (χ0n) is 12.6. The molecule has 2 aliphatic rings. The van der Waals surface area contributed by atoms with Crippen molar-refractivity contribution in [3.63, 3.8) is 0 Å². The van der Waals surface area contributed by atoms with Gasteiger partial charge in [-0.25, -0.2) is 4.39 Å². The van der Waals surface area contributed by atoms with E-state index in [9.17, 15) is 14.3 Å². The zero-order valence-corrected chi connectivity index (χ0v) is 12.6. The Morgan fingerprint density at radius 1 is 1.41 bits per heavy atom. The highest BCUT2D eigenvalue weighted by Crippen LogP contribution is 2.32. The van der Waals surface area contributed by atoms with Crippen LogP contribution >= 0.6 is 0 Å². The molecule has 22 heavy (non-hydrogen) atoms. The highest BCUT2D eigenvalue weighted by Gasteiger charge is 2.39. The van der Waals surface area contributed by atoms with Crippen molar-refractivity contribution in [1.82, 2.24) is 4.90 Å². The number of halogens is 1. The summed E-state index contributed by atoms with van der Waals surface area (Å²) in [4.78, 5) is 14.4. The van der Waals surface area contributed by atoms with Crippen LogP contribution in [0.25, 0.3) is 0 Å². The number of hydrogen-bond acceptors (Lipinski definition) is 3. The third-order valence-electron chi connectivity index (χ3n) is 4.76. The smallest absolute Gasteiger partial charge is 0.227 e. The molecule has 1 saturated carbocycles. The van der Waals surface area contributed by atoms with E-state index >= 15 is 0 Å². The van der Waals surface area contributed by atoms with Crippen LogP contribution in [0.15, 0.2) is 24.3 Å². The number of carbonyl (C=O) groups is 1. The van der Waals surface area contributed by atoms with Crippen molar-refractivity contribution >= 4 is 5.91 Å². The number of benzene rings is 1. The first kappa shape index (κ1) is 15.4. The quantitative estimate of drug-likeness (QED) is 0.926. The number of rotatable bonds is 3. The second-order valence-corrected chi connectivity index (χ2v) is 6.20. The van der Waals surface area contributed by atoms with Crippen molar-refractivity contribution in [2.24, 2.45) is 5.92 Å². The van der Waals surface area contributed by atoms with Crippen LogP contribution < -0.4 is 0 Å². The van der Waals surface area contributed by atoms with Gasteiger partial charge in [-0.2, -0.15) is 0 Å². The number of nitrogens with zero attached hydrogens (tertiary/aromatic N) is 1. The first-order valence-corrected chi connectivity index (χ1v) is 7.95. The molecular weight excluding hydrogens is 285 g/mol. The average molecular weight is 307 g/mol. The monoisotopic (exact) mass is 307 g/mol. The molecule has 1 aromatic carbocycles. The van der Waals surface area contributed by atoms with Crippen molar-refractivity contribution in [1.29, 1.82) is 0 Å². The van der Waals surface area contributed by atoms with Gasteiger partial charge >= 0.3 is 0 Å². The molecule has 1 aliphatic carbocycles. The van der Waals surface area contributed by atoms with Gasteiger partial charge in [0.2, 0.25) is 5.91 Å². The number of carbonyl (C=O) groups excluding carboxylic acids is 1. The topological polar surface area (TPSA) is 49.8 Å². The summed E-state index contributed by atoms with van der Waals surface area (Å²) in [7, 11) is 0. The maximum atomic E-state index is 13.3. The second-order valence-electron chi connectivity index (χ2n) is 6.20. The minimum Gasteiger partial charge on any atom is -0.393 e. The summed E-state index contributed by atoms with van der Waals surface area (Å²) in [5, 5.41) is 10.1. The van der Waals surface area contributed by atoms with E-state index in [0.717, 1.165) is 19.3 Å². The van der Waals surface area contributed by atoms with Gasteiger partial charge in [0.15, 0.2) is 0 Å². The SMILES string of the molecule is O=C(Cc1cccc(F)c1)N1CCOC[C@@H]1[C@@H]1CCC[C@H]1O. The lowest BCUT2D eigenvalue weighted by molar-refractivity contribution is -0.143. The minimum absolute atomic E-state index is 0.0157. The van der Waals surface area contributed by atoms with E-state index in [2.05, 4.69) is 0 Å². The molecule has 1 saturated heterocycles. The summed E-state index contributed by atoms with van der Waals surface area (Å²) >= 11 is 0. The minimum atomic E-state index is -0.351. The first-order chi connectivity index (χ1) is 10.6. The van der Waals surface area contributed by atoms with Crippen molar-refractivity contribution in [3.05, 3.63) is 35.6 Å². The van der Waals surface area contributed by atoms with Crippen LogP contribution in [-0.2, 0) is 16.0 Å². The molecule has 1 N–H and O–H groups in total. The van der Waals surface area contributed by atoms with Crippen molar-refractivity contribution in [2.75, 3.05) is 19.8 Å². The van der Waals surface area contributed by atoms with Gasteiger partial charge in [0, 0.05) is 12.5 Å². The van der Waals surface area contributed by atoms with E-state index in [4.69, 9.17) is 4.74 Å². The molecule has 0 bridgehead atoms. The molecule has 1 aromatic rings. The molecule has 4 nitrogen and oxygen atoms in total. The number of hydrogen-bond donors (Lipinski definition) is 1. The molecule has 1 amide bonds. The van der Waals surface area contributed by atoms with Crippen LogP contribution in [0.3, 0.4) is 0 Å². The number of aliphatic hydroxyl groups excluding tert-OH is 1. The molecule has 0 unspecified atom stereocenters. The molecule has 3 atom stereocenters. The van der Waals surface area contributed by atoms with E-state index in [1.165, 1.54) is 12.1 Å². The Morgan fingerprint density at radius 3 is 3.00 bits per heavy atom. The zero-order chi connectivity index (χ0) is 15.5. The highest BCUT2D eigenvalue weighted by molar-refractivity contribution is 5.79. The second kappa shape index (κ2) is 6.75. The number of aliphatic hydroxyl groups is 1. The molecule has 0 spiro atoms. The molecule has 1 aliphatic heterocycles. The standard InChI is InChI=1S/C17H22FNO3/c18-13-4-1-3-12(9-13)10-17(21)19-7-8-22-11-15(19)14-5-2-6-16(14)20/h1,3-4,9,14-16,20H,2,5-8,10-11H2/t14-,15+,16+/m0/s1. The van der Waals surface area contributed by atoms with Crippen LogP contribution in [0.5, 0.6) is 0 Å². The van der Waals surface area contributed by atoms with Gasteiger partial charge in [0.25, 0.3) is 0 Å². The van der Waals surface area contributed by atoms with Gasteiger partial charge in [-0.15, -0.1) is 0 Å². The molecule has 0 aromatic heterocycles. The van der Waals surface area contributed by atoms with Crippen molar-refractivity contribution in [2.45, 2.75) is 37.8 Å².